The number of carbonyl (C=O) groups is 1. The predicted molar refractivity (Wildman–Crippen MR) is 126 cm³/mol. The number of likely N-dealkylation sites (tertiary alicyclic amines) is 1. The summed E-state index contributed by atoms with van der Waals surface area (Å²) in [6.07, 6.45) is 4.69. The van der Waals surface area contributed by atoms with Gasteiger partial charge < -0.3 is 9.64 Å². The number of hydrogen-bond donors (Lipinski definition) is 0. The lowest BCUT2D eigenvalue weighted by atomic mass is 9.98. The quantitative estimate of drug-likeness (QED) is 0.515. The zero-order chi connectivity index (χ0) is 23.7. The molecule has 5 rings (SSSR count). The number of benzene rings is 2. The lowest BCUT2D eigenvalue weighted by Crippen LogP contribution is -2.44. The molecule has 2 aliphatic heterocycles. The van der Waals surface area contributed by atoms with Crippen LogP contribution in [0.2, 0.25) is 0 Å². The second-order valence-electron chi connectivity index (χ2n) is 8.43. The van der Waals surface area contributed by atoms with Crippen LogP contribution in [0.5, 0.6) is 0 Å². The monoisotopic (exact) mass is 480 g/mol. The van der Waals surface area contributed by atoms with Crippen LogP contribution in [0.15, 0.2) is 68.9 Å². The molecule has 2 aromatic carbocycles. The Hall–Kier alpha value is -3.53. The van der Waals surface area contributed by atoms with Crippen molar-refractivity contribution in [1.29, 1.82) is 0 Å². The first-order valence-corrected chi connectivity index (χ1v) is 12.7. The third-order valence-corrected chi connectivity index (χ3v) is 7.58. The van der Waals surface area contributed by atoms with E-state index in [-0.39, 0.29) is 29.6 Å². The molecule has 0 bridgehead atoms. The predicted octanol–water partition coefficient (Wildman–Crippen LogP) is 2.33. The van der Waals surface area contributed by atoms with Crippen LogP contribution >= 0.6 is 0 Å². The average Bonchev–Trinajstić information content (AvgIpc) is 3.12. The van der Waals surface area contributed by atoms with Crippen molar-refractivity contribution in [2.75, 3.05) is 13.2 Å². The van der Waals surface area contributed by atoms with Crippen LogP contribution in [0.4, 0.5) is 0 Å². The maximum Gasteiger partial charge on any atom is 0.326 e. The van der Waals surface area contributed by atoms with Crippen molar-refractivity contribution < 1.29 is 17.9 Å². The van der Waals surface area contributed by atoms with Crippen molar-refractivity contribution in [3.8, 4) is 0 Å². The van der Waals surface area contributed by atoms with Crippen LogP contribution < -0.4 is 5.56 Å². The van der Waals surface area contributed by atoms with E-state index in [2.05, 4.69) is 9.38 Å². The van der Waals surface area contributed by atoms with Crippen LogP contribution in [-0.2, 0) is 26.1 Å². The van der Waals surface area contributed by atoms with Gasteiger partial charge in [-0.3, -0.25) is 14.2 Å². The van der Waals surface area contributed by atoms with Crippen molar-refractivity contribution >= 4 is 32.7 Å². The molecule has 1 fully saturated rings. The van der Waals surface area contributed by atoms with Gasteiger partial charge in [0.25, 0.3) is 15.6 Å². The van der Waals surface area contributed by atoms with Gasteiger partial charge in [0.15, 0.2) is 5.84 Å². The Morgan fingerprint density at radius 1 is 1.09 bits per heavy atom. The Balaban J connectivity index is 1.24. The average molecular weight is 481 g/mol. The fraction of sp³-hybridized carbons (Fsp3) is 0.333. The van der Waals surface area contributed by atoms with Gasteiger partial charge in [-0.2, -0.15) is 8.42 Å². The van der Waals surface area contributed by atoms with E-state index in [4.69, 9.17) is 4.74 Å². The lowest BCUT2D eigenvalue weighted by Gasteiger charge is -2.37. The minimum atomic E-state index is -3.69. The van der Waals surface area contributed by atoms with Crippen molar-refractivity contribution in [2.45, 2.75) is 43.2 Å². The molecular formula is C24H24N4O5S. The molecule has 0 unspecified atom stereocenters. The van der Waals surface area contributed by atoms with Crippen molar-refractivity contribution in [3.05, 3.63) is 70.8 Å². The molecule has 9 nitrogen and oxygen atoms in total. The fourth-order valence-electron chi connectivity index (χ4n) is 4.59. The second kappa shape index (κ2) is 9.02. The van der Waals surface area contributed by atoms with E-state index in [9.17, 15) is 18.0 Å². The molecule has 1 atom stereocenters. The Kier molecular flexibility index (Phi) is 5.91. The smallest absolute Gasteiger partial charge is 0.326 e. The van der Waals surface area contributed by atoms with Gasteiger partial charge in [-0.25, -0.2) is 4.98 Å². The molecule has 0 amide bonds. The highest BCUT2D eigenvalue weighted by molar-refractivity contribution is 7.90. The third kappa shape index (κ3) is 4.21. The van der Waals surface area contributed by atoms with Crippen molar-refractivity contribution in [2.24, 2.45) is 4.40 Å². The molecule has 1 aromatic heterocycles. The Bertz CT molecular complexity index is 1450. The first kappa shape index (κ1) is 22.3. The van der Waals surface area contributed by atoms with Crippen LogP contribution in [0.25, 0.3) is 10.9 Å². The number of aromatic nitrogens is 2. The molecule has 0 N–H and O–H groups in total. The van der Waals surface area contributed by atoms with E-state index < -0.39 is 16.0 Å². The van der Waals surface area contributed by atoms with Gasteiger partial charge in [0, 0.05) is 24.6 Å². The Morgan fingerprint density at radius 2 is 1.88 bits per heavy atom. The molecule has 0 spiro atoms. The number of nitrogens with zero attached hydrogens (tertiary/aromatic N) is 4. The van der Waals surface area contributed by atoms with Gasteiger partial charge in [0.2, 0.25) is 0 Å². The number of sulfonamides is 1. The minimum absolute atomic E-state index is 0.00622. The molecule has 0 radical (unpaired) electrons. The number of ether oxygens (including phenoxy) is 1. The molecule has 3 heterocycles. The van der Waals surface area contributed by atoms with Crippen molar-refractivity contribution in [3.63, 3.8) is 0 Å². The van der Waals surface area contributed by atoms with E-state index >= 15 is 0 Å². The van der Waals surface area contributed by atoms with Gasteiger partial charge in [0.1, 0.15) is 11.4 Å². The van der Waals surface area contributed by atoms with Crippen LogP contribution in [0.1, 0.15) is 31.2 Å². The second-order valence-corrected chi connectivity index (χ2v) is 10.0. The highest BCUT2D eigenvalue weighted by atomic mass is 32.2. The molecule has 34 heavy (non-hydrogen) atoms. The summed E-state index contributed by atoms with van der Waals surface area (Å²) in [5.41, 5.74) is 0.905. The number of esters is 1. The number of hydrogen-bond acceptors (Lipinski definition) is 7. The standard InChI is InChI=1S/C24H24N4O5S/c29-22(15-27-16-25-20-10-3-1-8-18(20)24(27)30)33-14-12-17-7-5-6-13-28(17)23-19-9-2-4-11-21(19)34(31,32)26-23/h1-4,8-11,16-17H,5-7,12-15H2/t17-/m0/s1. The maximum absolute atomic E-state index is 12.6. The SMILES string of the molecule is O=C(Cn1cnc2ccccc2c1=O)OCC[C@@H]1CCCCN1C1=NS(=O)(=O)c2ccccc21. The van der Waals surface area contributed by atoms with Crippen LogP contribution in [-0.4, -0.2) is 53.9 Å². The number of amidine groups is 1. The van der Waals surface area contributed by atoms with E-state index in [1.807, 2.05) is 4.90 Å². The number of piperidine rings is 1. The molecule has 0 aliphatic carbocycles. The normalized spacial score (nSPS) is 19.0. The summed E-state index contributed by atoms with van der Waals surface area (Å²) in [7, 11) is -3.69. The Labute approximate surface area is 196 Å². The minimum Gasteiger partial charge on any atom is -0.464 e. The van der Waals surface area contributed by atoms with E-state index in [1.54, 1.807) is 48.5 Å². The zero-order valence-electron chi connectivity index (χ0n) is 18.5. The topological polar surface area (TPSA) is 111 Å². The molecule has 3 aromatic rings. The zero-order valence-corrected chi connectivity index (χ0v) is 19.3. The molecule has 0 saturated carbocycles. The summed E-state index contributed by atoms with van der Waals surface area (Å²) in [5, 5.41) is 0.447. The first-order chi connectivity index (χ1) is 16.4. The summed E-state index contributed by atoms with van der Waals surface area (Å²) in [6.45, 7) is 0.639. The molecule has 176 valence electrons. The van der Waals surface area contributed by atoms with Crippen LogP contribution in [0, 0.1) is 0 Å². The summed E-state index contributed by atoms with van der Waals surface area (Å²) in [5.74, 6) is -0.0481. The summed E-state index contributed by atoms with van der Waals surface area (Å²) in [6, 6.07) is 13.8. The van der Waals surface area contributed by atoms with Gasteiger partial charge in [-0.05, 0) is 43.5 Å². The number of para-hydroxylation sites is 1. The largest absolute Gasteiger partial charge is 0.464 e. The first-order valence-electron chi connectivity index (χ1n) is 11.2. The van der Waals surface area contributed by atoms with E-state index in [1.165, 1.54) is 10.9 Å². The highest BCUT2D eigenvalue weighted by Crippen LogP contribution is 2.31. The summed E-state index contributed by atoms with van der Waals surface area (Å²) < 4.78 is 35.7. The van der Waals surface area contributed by atoms with E-state index in [0.717, 1.165) is 19.3 Å². The Morgan fingerprint density at radius 3 is 2.76 bits per heavy atom. The number of carbonyl (C=O) groups excluding carboxylic acids is 1. The van der Waals surface area contributed by atoms with Gasteiger partial charge in [-0.15, -0.1) is 4.40 Å². The highest BCUT2D eigenvalue weighted by Gasteiger charge is 2.35. The fourth-order valence-corrected chi connectivity index (χ4v) is 5.80. The third-order valence-electron chi connectivity index (χ3n) is 6.26. The molecule has 10 heteroatoms. The summed E-state index contributed by atoms with van der Waals surface area (Å²) >= 11 is 0. The number of rotatable bonds is 5. The van der Waals surface area contributed by atoms with Crippen molar-refractivity contribution in [1.82, 2.24) is 14.5 Å². The lowest BCUT2D eigenvalue weighted by molar-refractivity contribution is -0.144. The van der Waals surface area contributed by atoms with Gasteiger partial charge in [-0.1, -0.05) is 24.3 Å². The van der Waals surface area contributed by atoms with Gasteiger partial charge >= 0.3 is 5.97 Å². The van der Waals surface area contributed by atoms with Gasteiger partial charge in [0.05, 0.1) is 23.8 Å². The maximum atomic E-state index is 12.6. The summed E-state index contributed by atoms with van der Waals surface area (Å²) in [4.78, 5) is 31.5. The number of fused-ring (bicyclic) bond motifs is 2. The molecular weight excluding hydrogens is 456 g/mol. The van der Waals surface area contributed by atoms with Crippen LogP contribution in [0.3, 0.4) is 0 Å². The van der Waals surface area contributed by atoms with E-state index in [0.29, 0.717) is 35.3 Å². The molecule has 2 aliphatic rings. The molecule has 1 saturated heterocycles.